The number of rotatable bonds is 4. The molecule has 3 nitrogen and oxygen atoms in total. The van der Waals surface area contributed by atoms with Crippen molar-refractivity contribution in [1.82, 2.24) is 0 Å². The van der Waals surface area contributed by atoms with Crippen LogP contribution in [-0.4, -0.2) is 13.7 Å². The predicted molar refractivity (Wildman–Crippen MR) is 51.7 cm³/mol. The van der Waals surface area contributed by atoms with Gasteiger partial charge in [-0.3, -0.25) is 0 Å². The van der Waals surface area contributed by atoms with E-state index < -0.39 is 5.82 Å². The second kappa shape index (κ2) is 5.07. The third kappa shape index (κ3) is 2.63. The first-order chi connectivity index (χ1) is 6.77. The zero-order chi connectivity index (χ0) is 10.4. The summed E-state index contributed by atoms with van der Waals surface area (Å²) in [5.41, 5.74) is 0.651. The maximum absolute atomic E-state index is 13.1. The van der Waals surface area contributed by atoms with Crippen molar-refractivity contribution in [1.29, 1.82) is 5.26 Å². The quantitative estimate of drug-likeness (QED) is 0.747. The van der Waals surface area contributed by atoms with Gasteiger partial charge in [-0.15, -0.1) is 0 Å². The highest BCUT2D eigenvalue weighted by molar-refractivity contribution is 5.47. The lowest BCUT2D eigenvalue weighted by Crippen LogP contribution is -2.00. The van der Waals surface area contributed by atoms with E-state index in [-0.39, 0.29) is 5.75 Å². The summed E-state index contributed by atoms with van der Waals surface area (Å²) in [4.78, 5) is 0. The molecule has 0 aliphatic heterocycles. The van der Waals surface area contributed by atoms with Crippen LogP contribution in [0.15, 0.2) is 18.2 Å². The van der Waals surface area contributed by atoms with Crippen LogP contribution in [0, 0.1) is 17.1 Å². The molecule has 0 aromatic heterocycles. The molecule has 1 N–H and O–H groups in total. The zero-order valence-corrected chi connectivity index (χ0v) is 7.88. The van der Waals surface area contributed by atoms with E-state index in [1.165, 1.54) is 13.2 Å². The van der Waals surface area contributed by atoms with Crippen LogP contribution >= 0.6 is 0 Å². The molecule has 1 aromatic carbocycles. The Balaban J connectivity index is 2.63. The lowest BCUT2D eigenvalue weighted by molar-refractivity contribution is 0.386. The number of methoxy groups -OCH3 is 1. The summed E-state index contributed by atoms with van der Waals surface area (Å²) in [5, 5.41) is 11.2. The van der Waals surface area contributed by atoms with Crippen LogP contribution in [0.3, 0.4) is 0 Å². The number of hydrogen-bond donors (Lipinski definition) is 1. The molecule has 0 saturated heterocycles. The van der Waals surface area contributed by atoms with Gasteiger partial charge in [0.2, 0.25) is 0 Å². The van der Waals surface area contributed by atoms with Gasteiger partial charge < -0.3 is 10.1 Å². The topological polar surface area (TPSA) is 45.0 Å². The second-order valence-corrected chi connectivity index (χ2v) is 2.68. The molecule has 0 aliphatic rings. The molecule has 0 amide bonds. The largest absolute Gasteiger partial charge is 0.494 e. The van der Waals surface area contributed by atoms with Crippen molar-refractivity contribution >= 4 is 5.69 Å². The monoisotopic (exact) mass is 194 g/mol. The van der Waals surface area contributed by atoms with Crippen LogP contribution in [0.5, 0.6) is 5.75 Å². The second-order valence-electron chi connectivity index (χ2n) is 2.68. The molecule has 0 aliphatic carbocycles. The van der Waals surface area contributed by atoms with Gasteiger partial charge in [-0.1, -0.05) is 0 Å². The van der Waals surface area contributed by atoms with E-state index in [0.717, 1.165) is 0 Å². The number of nitriles is 1. The highest BCUT2D eigenvalue weighted by atomic mass is 19.1. The Bertz CT molecular complexity index is 346. The molecular weight excluding hydrogens is 183 g/mol. The molecule has 0 bridgehead atoms. The van der Waals surface area contributed by atoms with E-state index >= 15 is 0 Å². The van der Waals surface area contributed by atoms with Crippen molar-refractivity contribution in [3.05, 3.63) is 24.0 Å². The predicted octanol–water partition coefficient (Wildman–Crippen LogP) is 2.16. The summed E-state index contributed by atoms with van der Waals surface area (Å²) in [6.45, 7) is 0.516. The number of hydrogen-bond acceptors (Lipinski definition) is 3. The van der Waals surface area contributed by atoms with Gasteiger partial charge in [-0.05, 0) is 12.1 Å². The summed E-state index contributed by atoms with van der Waals surface area (Å²) in [6.07, 6.45) is 0.396. The molecule has 4 heteroatoms. The number of anilines is 1. The molecular formula is C10H11FN2O. The number of benzene rings is 1. The van der Waals surface area contributed by atoms with Crippen molar-refractivity contribution in [2.45, 2.75) is 6.42 Å². The normalized spacial score (nSPS) is 9.21. The van der Waals surface area contributed by atoms with Crippen molar-refractivity contribution in [2.24, 2.45) is 0 Å². The average Bonchev–Trinajstić information content (AvgIpc) is 2.18. The molecule has 1 aromatic rings. The third-order valence-electron chi connectivity index (χ3n) is 1.72. The maximum atomic E-state index is 13.1. The Kier molecular flexibility index (Phi) is 3.74. The Morgan fingerprint density at radius 1 is 1.57 bits per heavy atom. The number of halogens is 1. The molecule has 14 heavy (non-hydrogen) atoms. The van der Waals surface area contributed by atoms with Gasteiger partial charge in [0.1, 0.15) is 0 Å². The maximum Gasteiger partial charge on any atom is 0.167 e. The van der Waals surface area contributed by atoms with Crippen LogP contribution in [0.4, 0.5) is 10.1 Å². The van der Waals surface area contributed by atoms with Crippen molar-refractivity contribution < 1.29 is 9.13 Å². The standard InChI is InChI=1S/C10H11FN2O/c1-14-10-4-3-8(7-9(10)11)13-6-2-5-12/h3-4,7,13H,2,6H2,1H3. The molecule has 0 radical (unpaired) electrons. The van der Waals surface area contributed by atoms with Gasteiger partial charge in [0.05, 0.1) is 19.6 Å². The van der Waals surface area contributed by atoms with Crippen LogP contribution in [0.1, 0.15) is 6.42 Å². The van der Waals surface area contributed by atoms with Crippen molar-refractivity contribution in [2.75, 3.05) is 19.0 Å². The number of ether oxygens (including phenoxy) is 1. The fourth-order valence-electron chi connectivity index (χ4n) is 1.04. The van der Waals surface area contributed by atoms with E-state index in [4.69, 9.17) is 10.00 Å². The van der Waals surface area contributed by atoms with Crippen molar-refractivity contribution in [3.8, 4) is 11.8 Å². The van der Waals surface area contributed by atoms with Gasteiger partial charge in [-0.25, -0.2) is 4.39 Å². The van der Waals surface area contributed by atoms with Crippen LogP contribution < -0.4 is 10.1 Å². The first-order valence-corrected chi connectivity index (χ1v) is 4.22. The van der Waals surface area contributed by atoms with Crippen LogP contribution in [-0.2, 0) is 0 Å². The molecule has 1 rings (SSSR count). The zero-order valence-electron chi connectivity index (χ0n) is 7.88. The number of nitrogens with one attached hydrogen (secondary N) is 1. The Morgan fingerprint density at radius 2 is 2.36 bits per heavy atom. The molecule has 74 valence electrons. The van der Waals surface area contributed by atoms with Gasteiger partial charge in [0.15, 0.2) is 11.6 Å². The van der Waals surface area contributed by atoms with Crippen LogP contribution in [0.2, 0.25) is 0 Å². The molecule has 0 heterocycles. The number of nitrogens with zero attached hydrogens (tertiary/aromatic N) is 1. The Hall–Kier alpha value is -1.76. The minimum atomic E-state index is -0.408. The summed E-state index contributed by atoms with van der Waals surface area (Å²) in [5.74, 6) is -0.190. The Labute approximate surface area is 82.1 Å². The summed E-state index contributed by atoms with van der Waals surface area (Å²) in [6, 6.07) is 6.59. The molecule has 0 atom stereocenters. The first-order valence-electron chi connectivity index (χ1n) is 4.22. The summed E-state index contributed by atoms with van der Waals surface area (Å²) < 4.78 is 17.9. The third-order valence-corrected chi connectivity index (χ3v) is 1.72. The van der Waals surface area contributed by atoms with Gasteiger partial charge in [0.25, 0.3) is 0 Å². The SMILES string of the molecule is COc1ccc(NCCC#N)cc1F. The van der Waals surface area contributed by atoms with Gasteiger partial charge in [-0.2, -0.15) is 5.26 Å². The molecule has 0 unspecified atom stereocenters. The van der Waals surface area contributed by atoms with Crippen LogP contribution in [0.25, 0.3) is 0 Å². The average molecular weight is 194 g/mol. The van der Waals surface area contributed by atoms with Gasteiger partial charge >= 0.3 is 0 Å². The van der Waals surface area contributed by atoms with E-state index in [1.54, 1.807) is 12.1 Å². The fourth-order valence-corrected chi connectivity index (χ4v) is 1.04. The molecule has 0 fully saturated rings. The van der Waals surface area contributed by atoms with E-state index in [1.807, 2.05) is 6.07 Å². The molecule has 0 spiro atoms. The lowest BCUT2D eigenvalue weighted by Gasteiger charge is -2.06. The lowest BCUT2D eigenvalue weighted by atomic mass is 10.3. The Morgan fingerprint density at radius 3 is 2.93 bits per heavy atom. The highest BCUT2D eigenvalue weighted by Gasteiger charge is 2.02. The first kappa shape index (κ1) is 10.3. The summed E-state index contributed by atoms with van der Waals surface area (Å²) >= 11 is 0. The summed E-state index contributed by atoms with van der Waals surface area (Å²) in [7, 11) is 1.42. The fraction of sp³-hybridized carbons (Fsp3) is 0.300. The smallest absolute Gasteiger partial charge is 0.167 e. The van der Waals surface area contributed by atoms with E-state index in [0.29, 0.717) is 18.7 Å². The minimum Gasteiger partial charge on any atom is -0.494 e. The van der Waals surface area contributed by atoms with E-state index in [2.05, 4.69) is 5.32 Å². The minimum absolute atomic E-state index is 0.218. The molecule has 0 saturated carbocycles. The van der Waals surface area contributed by atoms with E-state index in [9.17, 15) is 4.39 Å². The van der Waals surface area contributed by atoms with Gasteiger partial charge in [0, 0.05) is 18.3 Å². The van der Waals surface area contributed by atoms with Crippen molar-refractivity contribution in [3.63, 3.8) is 0 Å². The highest BCUT2D eigenvalue weighted by Crippen LogP contribution is 2.20.